The van der Waals surface area contributed by atoms with E-state index in [9.17, 15) is 22.4 Å². The molecule has 0 spiro atoms. The van der Waals surface area contributed by atoms with Gasteiger partial charge in [0.2, 0.25) is 0 Å². The lowest BCUT2D eigenvalue weighted by molar-refractivity contribution is -0.137. The number of hydrogen-bond donors (Lipinski definition) is 1. The van der Waals surface area contributed by atoms with Crippen molar-refractivity contribution in [2.24, 2.45) is 0 Å². The number of rotatable bonds is 6. The normalized spacial score (nSPS) is 11.7. The van der Waals surface area contributed by atoms with Gasteiger partial charge in [-0.05, 0) is 36.1 Å². The van der Waals surface area contributed by atoms with Crippen LogP contribution in [0.25, 0.3) is 5.82 Å². The summed E-state index contributed by atoms with van der Waals surface area (Å²) < 4.78 is 53.4. The van der Waals surface area contributed by atoms with Crippen molar-refractivity contribution in [3.8, 4) is 5.82 Å². The molecular formula is C21H20F4N4O. The van der Waals surface area contributed by atoms with Crippen LogP contribution in [0.4, 0.5) is 17.6 Å². The van der Waals surface area contributed by atoms with Crippen LogP contribution in [-0.4, -0.2) is 27.2 Å². The van der Waals surface area contributed by atoms with Crippen molar-refractivity contribution in [2.45, 2.75) is 32.4 Å². The van der Waals surface area contributed by atoms with E-state index in [1.54, 1.807) is 18.2 Å². The summed E-state index contributed by atoms with van der Waals surface area (Å²) in [6.07, 6.45) is -2.08. The Balaban J connectivity index is 1.78. The predicted octanol–water partition coefficient (Wildman–Crippen LogP) is 4.52. The third-order valence-corrected chi connectivity index (χ3v) is 4.53. The fourth-order valence-electron chi connectivity index (χ4n) is 3.06. The molecule has 0 fully saturated rings. The molecule has 1 N–H and O–H groups in total. The summed E-state index contributed by atoms with van der Waals surface area (Å²) in [4.78, 5) is 16.5. The van der Waals surface area contributed by atoms with Gasteiger partial charge in [-0.2, -0.15) is 18.3 Å². The predicted molar refractivity (Wildman–Crippen MR) is 103 cm³/mol. The number of carbonyl (C=O) groups excluding carboxylic acids is 1. The van der Waals surface area contributed by atoms with Crippen LogP contribution in [0, 0.1) is 5.82 Å². The standard InChI is InChI=1S/C21H20F4N4O/c1-13(2)19-16(20(30)26-10-9-14-5-3-4-6-17(14)22)12-28-29(19)18-8-7-15(11-27-18)21(23,24)25/h3-8,11-13H,9-10H2,1-2H3,(H,26,30). The summed E-state index contributed by atoms with van der Waals surface area (Å²) >= 11 is 0. The van der Waals surface area contributed by atoms with Crippen LogP contribution in [-0.2, 0) is 12.6 Å². The van der Waals surface area contributed by atoms with Crippen LogP contribution in [0.3, 0.4) is 0 Å². The lowest BCUT2D eigenvalue weighted by Crippen LogP contribution is -2.27. The Hall–Kier alpha value is -3.23. The van der Waals surface area contributed by atoms with Gasteiger partial charge in [-0.15, -0.1) is 0 Å². The second-order valence-corrected chi connectivity index (χ2v) is 7.01. The fraction of sp³-hybridized carbons (Fsp3) is 0.286. The highest BCUT2D eigenvalue weighted by Gasteiger charge is 2.31. The average molecular weight is 420 g/mol. The smallest absolute Gasteiger partial charge is 0.352 e. The molecule has 0 aliphatic carbocycles. The van der Waals surface area contributed by atoms with Crippen molar-refractivity contribution in [1.29, 1.82) is 0 Å². The number of pyridine rings is 1. The Kier molecular flexibility index (Phi) is 6.19. The zero-order chi connectivity index (χ0) is 21.9. The number of halogens is 4. The van der Waals surface area contributed by atoms with Gasteiger partial charge in [0.15, 0.2) is 5.82 Å². The molecule has 2 heterocycles. The highest BCUT2D eigenvalue weighted by Crippen LogP contribution is 2.29. The molecule has 1 aromatic carbocycles. The third-order valence-electron chi connectivity index (χ3n) is 4.53. The van der Waals surface area contributed by atoms with E-state index in [-0.39, 0.29) is 24.1 Å². The second-order valence-electron chi connectivity index (χ2n) is 7.01. The number of nitrogens with one attached hydrogen (secondary N) is 1. The lowest BCUT2D eigenvalue weighted by Gasteiger charge is -2.13. The van der Waals surface area contributed by atoms with E-state index in [1.807, 2.05) is 13.8 Å². The SMILES string of the molecule is CC(C)c1c(C(=O)NCCc2ccccc2F)cnn1-c1ccc(C(F)(F)F)cn1. The van der Waals surface area contributed by atoms with E-state index in [2.05, 4.69) is 15.4 Å². The molecule has 9 heteroatoms. The number of nitrogens with zero attached hydrogens (tertiary/aromatic N) is 3. The van der Waals surface area contributed by atoms with E-state index in [4.69, 9.17) is 0 Å². The monoisotopic (exact) mass is 420 g/mol. The molecule has 0 atom stereocenters. The van der Waals surface area contributed by atoms with Crippen LogP contribution < -0.4 is 5.32 Å². The molecule has 158 valence electrons. The van der Waals surface area contributed by atoms with Gasteiger partial charge in [0.25, 0.3) is 5.91 Å². The van der Waals surface area contributed by atoms with Crippen LogP contribution >= 0.6 is 0 Å². The van der Waals surface area contributed by atoms with E-state index in [0.29, 0.717) is 23.2 Å². The number of alkyl halides is 3. The number of hydrogen-bond acceptors (Lipinski definition) is 3. The first kappa shape index (κ1) is 21.5. The summed E-state index contributed by atoms with van der Waals surface area (Å²) in [5.74, 6) is -0.704. The van der Waals surface area contributed by atoms with Crippen LogP contribution in [0.5, 0.6) is 0 Å². The molecule has 2 aromatic heterocycles. The molecule has 0 bridgehead atoms. The maximum absolute atomic E-state index is 13.7. The molecule has 3 aromatic rings. The number of benzene rings is 1. The van der Waals surface area contributed by atoms with Crippen LogP contribution in [0.15, 0.2) is 48.8 Å². The van der Waals surface area contributed by atoms with Crippen molar-refractivity contribution >= 4 is 5.91 Å². The quantitative estimate of drug-likeness (QED) is 0.597. The highest BCUT2D eigenvalue weighted by molar-refractivity contribution is 5.95. The van der Waals surface area contributed by atoms with E-state index < -0.39 is 17.6 Å². The minimum absolute atomic E-state index is 0.149. The van der Waals surface area contributed by atoms with Gasteiger partial charge in [0, 0.05) is 12.7 Å². The summed E-state index contributed by atoms with van der Waals surface area (Å²) in [7, 11) is 0. The number of carbonyl (C=O) groups is 1. The van der Waals surface area contributed by atoms with E-state index >= 15 is 0 Å². The minimum atomic E-state index is -4.49. The van der Waals surface area contributed by atoms with Crippen molar-refractivity contribution in [1.82, 2.24) is 20.1 Å². The van der Waals surface area contributed by atoms with Gasteiger partial charge < -0.3 is 5.32 Å². The molecule has 0 radical (unpaired) electrons. The highest BCUT2D eigenvalue weighted by atomic mass is 19.4. The number of amides is 1. The number of aromatic nitrogens is 3. The zero-order valence-electron chi connectivity index (χ0n) is 16.4. The molecule has 0 saturated carbocycles. The molecule has 0 aliphatic rings. The Morgan fingerprint density at radius 1 is 1.13 bits per heavy atom. The summed E-state index contributed by atoms with van der Waals surface area (Å²) in [6.45, 7) is 3.91. The minimum Gasteiger partial charge on any atom is -0.352 e. The zero-order valence-corrected chi connectivity index (χ0v) is 16.4. The maximum atomic E-state index is 13.7. The Bertz CT molecular complexity index is 1030. The van der Waals surface area contributed by atoms with E-state index in [1.165, 1.54) is 23.0 Å². The van der Waals surface area contributed by atoms with Gasteiger partial charge >= 0.3 is 6.18 Å². The molecule has 30 heavy (non-hydrogen) atoms. The van der Waals surface area contributed by atoms with Gasteiger partial charge in [-0.25, -0.2) is 14.1 Å². The first-order chi connectivity index (χ1) is 14.2. The summed E-state index contributed by atoms with van der Waals surface area (Å²) in [5, 5.41) is 6.89. The van der Waals surface area contributed by atoms with Crippen LogP contribution in [0.2, 0.25) is 0 Å². The van der Waals surface area contributed by atoms with Crippen molar-refractivity contribution in [3.63, 3.8) is 0 Å². The van der Waals surface area contributed by atoms with Crippen molar-refractivity contribution in [2.75, 3.05) is 6.54 Å². The average Bonchev–Trinajstić information content (AvgIpc) is 3.14. The topological polar surface area (TPSA) is 59.8 Å². The molecule has 3 rings (SSSR count). The van der Waals surface area contributed by atoms with Gasteiger partial charge in [-0.3, -0.25) is 4.79 Å². The molecule has 5 nitrogen and oxygen atoms in total. The van der Waals surface area contributed by atoms with Crippen molar-refractivity contribution < 1.29 is 22.4 Å². The maximum Gasteiger partial charge on any atom is 0.417 e. The third kappa shape index (κ3) is 4.67. The van der Waals surface area contributed by atoms with E-state index in [0.717, 1.165) is 12.3 Å². The molecule has 1 amide bonds. The van der Waals surface area contributed by atoms with Gasteiger partial charge in [-0.1, -0.05) is 32.0 Å². The lowest BCUT2D eigenvalue weighted by atomic mass is 10.1. The Morgan fingerprint density at radius 3 is 2.47 bits per heavy atom. The largest absolute Gasteiger partial charge is 0.417 e. The molecule has 0 unspecified atom stereocenters. The second kappa shape index (κ2) is 8.64. The molecule has 0 saturated heterocycles. The molecular weight excluding hydrogens is 400 g/mol. The van der Waals surface area contributed by atoms with Crippen molar-refractivity contribution in [3.05, 3.63) is 77.0 Å². The van der Waals surface area contributed by atoms with Crippen LogP contribution in [0.1, 0.15) is 46.9 Å². The summed E-state index contributed by atoms with van der Waals surface area (Å²) in [5.41, 5.74) is 0.438. The first-order valence-electron chi connectivity index (χ1n) is 9.31. The van der Waals surface area contributed by atoms with Gasteiger partial charge in [0.1, 0.15) is 5.82 Å². The summed E-state index contributed by atoms with van der Waals surface area (Å²) in [6, 6.07) is 8.45. The molecule has 0 aliphatic heterocycles. The first-order valence-corrected chi connectivity index (χ1v) is 9.31. The Labute approximate surface area is 170 Å². The Morgan fingerprint density at radius 2 is 1.87 bits per heavy atom. The fourth-order valence-corrected chi connectivity index (χ4v) is 3.06. The van der Waals surface area contributed by atoms with Gasteiger partial charge in [0.05, 0.1) is 23.0 Å².